The number of aromatic nitrogens is 5. The van der Waals surface area contributed by atoms with E-state index in [-0.39, 0.29) is 23.2 Å². The van der Waals surface area contributed by atoms with Gasteiger partial charge in [0.25, 0.3) is 0 Å². The van der Waals surface area contributed by atoms with Crippen LogP contribution < -0.4 is 10.6 Å². The molecule has 1 atom stereocenters. The maximum absolute atomic E-state index is 15.0. The molecule has 1 aromatic carbocycles. The van der Waals surface area contributed by atoms with Crippen molar-refractivity contribution in [1.82, 2.24) is 29.8 Å². The van der Waals surface area contributed by atoms with E-state index in [2.05, 4.69) is 45.5 Å². The fraction of sp³-hybridized carbons (Fsp3) is 0.467. The molecule has 3 aromatic heterocycles. The molecule has 0 radical (unpaired) electrons. The number of anilines is 2. The van der Waals surface area contributed by atoms with Crippen LogP contribution >= 0.6 is 0 Å². The predicted octanol–water partition coefficient (Wildman–Crippen LogP) is 6.85. The van der Waals surface area contributed by atoms with Crippen molar-refractivity contribution >= 4 is 22.8 Å². The minimum Gasteiger partial charge on any atom is -0.326 e. The Morgan fingerprint density at radius 2 is 1.72 bits per heavy atom. The van der Waals surface area contributed by atoms with Gasteiger partial charge < -0.3 is 15.2 Å². The molecular formula is C30H37F2N7. The molecule has 206 valence electrons. The van der Waals surface area contributed by atoms with Crippen LogP contribution in [0.25, 0.3) is 22.3 Å². The minimum atomic E-state index is -0.632. The lowest BCUT2D eigenvalue weighted by Gasteiger charge is -2.34. The first-order chi connectivity index (χ1) is 18.6. The second-order valence-corrected chi connectivity index (χ2v) is 11.2. The quantitative estimate of drug-likeness (QED) is 0.271. The highest BCUT2D eigenvalue weighted by molar-refractivity contribution is 5.83. The summed E-state index contributed by atoms with van der Waals surface area (Å²) in [4.78, 5) is 17.7. The van der Waals surface area contributed by atoms with Crippen molar-refractivity contribution in [2.45, 2.75) is 66.3 Å². The molecule has 0 amide bonds. The average Bonchev–Trinajstić information content (AvgIpc) is 3.23. The van der Waals surface area contributed by atoms with Gasteiger partial charge in [-0.05, 0) is 95.1 Å². The molecule has 39 heavy (non-hydrogen) atoms. The van der Waals surface area contributed by atoms with Crippen LogP contribution in [0.5, 0.6) is 0 Å². The maximum atomic E-state index is 15.0. The third kappa shape index (κ3) is 5.37. The number of halogens is 2. The van der Waals surface area contributed by atoms with E-state index in [1.165, 1.54) is 24.5 Å². The van der Waals surface area contributed by atoms with Gasteiger partial charge in [-0.1, -0.05) is 19.9 Å². The van der Waals surface area contributed by atoms with E-state index < -0.39 is 11.6 Å². The molecule has 1 aliphatic rings. The Bertz CT molecular complexity index is 1490. The second kappa shape index (κ2) is 11.0. The number of hydrogen-bond donors (Lipinski definition) is 2. The van der Waals surface area contributed by atoms with Crippen molar-refractivity contribution in [3.63, 3.8) is 0 Å². The third-order valence-electron chi connectivity index (χ3n) is 7.79. The average molecular weight is 534 g/mol. The number of benzene rings is 1. The van der Waals surface area contributed by atoms with Gasteiger partial charge >= 0.3 is 0 Å². The van der Waals surface area contributed by atoms with E-state index in [1.807, 2.05) is 38.3 Å². The van der Waals surface area contributed by atoms with Gasteiger partial charge in [0.2, 0.25) is 5.95 Å². The fourth-order valence-electron chi connectivity index (χ4n) is 6.16. The first-order valence-electron chi connectivity index (χ1n) is 13.8. The van der Waals surface area contributed by atoms with Crippen LogP contribution in [0.1, 0.15) is 69.6 Å². The summed E-state index contributed by atoms with van der Waals surface area (Å²) < 4.78 is 31.9. The van der Waals surface area contributed by atoms with Gasteiger partial charge in [0.1, 0.15) is 22.9 Å². The van der Waals surface area contributed by atoms with Gasteiger partial charge in [0.15, 0.2) is 11.6 Å². The highest BCUT2D eigenvalue weighted by Gasteiger charge is 2.29. The summed E-state index contributed by atoms with van der Waals surface area (Å²) >= 11 is 0. The number of imidazole rings is 1. The van der Waals surface area contributed by atoms with E-state index in [0.29, 0.717) is 40.5 Å². The zero-order valence-electron chi connectivity index (χ0n) is 23.5. The molecule has 2 N–H and O–H groups in total. The van der Waals surface area contributed by atoms with Crippen LogP contribution in [-0.4, -0.2) is 37.6 Å². The Morgan fingerprint density at radius 1 is 0.974 bits per heavy atom. The SMILES string of the molecule is Cc1nc(Nc2ncc(F)c(-c3cc(F)c4nc(C)n(C(C)C)c4c3)n2)ccc1C(C(C)C)C1CCNCC1. The number of hydrogen-bond acceptors (Lipinski definition) is 6. The van der Waals surface area contributed by atoms with E-state index in [0.717, 1.165) is 25.0 Å². The van der Waals surface area contributed by atoms with Gasteiger partial charge in [0, 0.05) is 17.3 Å². The Labute approximate surface area is 228 Å². The van der Waals surface area contributed by atoms with Crippen molar-refractivity contribution in [1.29, 1.82) is 0 Å². The van der Waals surface area contributed by atoms with Crippen LogP contribution in [0.15, 0.2) is 30.5 Å². The molecule has 9 heteroatoms. The maximum Gasteiger partial charge on any atom is 0.229 e. The summed E-state index contributed by atoms with van der Waals surface area (Å²) in [6.45, 7) is 14.5. The van der Waals surface area contributed by atoms with E-state index in [9.17, 15) is 4.39 Å². The van der Waals surface area contributed by atoms with Crippen LogP contribution in [0.2, 0.25) is 0 Å². The molecule has 4 aromatic rings. The molecule has 1 unspecified atom stereocenters. The molecule has 1 fully saturated rings. The third-order valence-corrected chi connectivity index (χ3v) is 7.79. The Balaban J connectivity index is 1.45. The van der Waals surface area contributed by atoms with Crippen molar-refractivity contribution in [2.24, 2.45) is 11.8 Å². The molecule has 0 aliphatic carbocycles. The number of aryl methyl sites for hydroxylation is 2. The molecule has 0 saturated carbocycles. The predicted molar refractivity (Wildman–Crippen MR) is 151 cm³/mol. The molecular weight excluding hydrogens is 496 g/mol. The van der Waals surface area contributed by atoms with E-state index in [1.54, 1.807) is 6.07 Å². The van der Waals surface area contributed by atoms with Gasteiger partial charge in [-0.25, -0.2) is 28.7 Å². The second-order valence-electron chi connectivity index (χ2n) is 11.2. The molecule has 1 aliphatic heterocycles. The number of piperidine rings is 1. The molecule has 5 rings (SSSR count). The number of fused-ring (bicyclic) bond motifs is 1. The van der Waals surface area contributed by atoms with Crippen molar-refractivity contribution in [3.05, 3.63) is 59.2 Å². The Morgan fingerprint density at radius 3 is 2.38 bits per heavy atom. The summed E-state index contributed by atoms with van der Waals surface area (Å²) in [5, 5.41) is 6.58. The van der Waals surface area contributed by atoms with Crippen molar-refractivity contribution < 1.29 is 8.78 Å². The molecule has 0 spiro atoms. The first-order valence-corrected chi connectivity index (χ1v) is 13.8. The number of nitrogens with one attached hydrogen (secondary N) is 2. The van der Waals surface area contributed by atoms with Crippen LogP contribution in [0, 0.1) is 37.3 Å². The summed E-state index contributed by atoms with van der Waals surface area (Å²) in [6.07, 6.45) is 3.43. The molecule has 0 bridgehead atoms. The summed E-state index contributed by atoms with van der Waals surface area (Å²) in [7, 11) is 0. The van der Waals surface area contributed by atoms with Gasteiger partial charge in [-0.3, -0.25) is 0 Å². The number of rotatable bonds is 7. The summed E-state index contributed by atoms with van der Waals surface area (Å²) in [5.74, 6) is 1.90. The standard InChI is InChI=1S/C30H37F2N7/c1-16(2)27(20-9-11-33-12-10-20)22-7-8-26(35-18(22)5)37-30-34-15-24(32)28(38-30)21-13-23(31)29-25(14-21)39(17(3)4)19(6)36-29/h7-8,13-17,20,27,33H,9-12H2,1-6H3,(H,34,35,37,38). The monoisotopic (exact) mass is 533 g/mol. The Hall–Kier alpha value is -3.46. The summed E-state index contributed by atoms with van der Waals surface area (Å²) in [5.41, 5.74) is 3.44. The lowest BCUT2D eigenvalue weighted by molar-refractivity contribution is 0.270. The molecule has 7 nitrogen and oxygen atoms in total. The summed E-state index contributed by atoms with van der Waals surface area (Å²) in [6, 6.07) is 7.15. The van der Waals surface area contributed by atoms with E-state index in [4.69, 9.17) is 4.98 Å². The van der Waals surface area contributed by atoms with Crippen molar-refractivity contribution in [3.8, 4) is 11.3 Å². The van der Waals surface area contributed by atoms with Crippen LogP contribution in [-0.2, 0) is 0 Å². The topological polar surface area (TPSA) is 80.6 Å². The largest absolute Gasteiger partial charge is 0.326 e. The minimum absolute atomic E-state index is 0.0154. The number of pyridine rings is 1. The van der Waals surface area contributed by atoms with Gasteiger partial charge in [0.05, 0.1) is 11.7 Å². The molecule has 1 saturated heterocycles. The normalized spacial score (nSPS) is 15.4. The zero-order valence-corrected chi connectivity index (χ0v) is 23.5. The Kier molecular flexibility index (Phi) is 7.62. The lowest BCUT2D eigenvalue weighted by Crippen LogP contribution is -2.32. The van der Waals surface area contributed by atoms with Gasteiger partial charge in [-0.15, -0.1) is 0 Å². The highest BCUT2D eigenvalue weighted by atomic mass is 19.1. The zero-order chi connectivity index (χ0) is 27.8. The van der Waals surface area contributed by atoms with Gasteiger partial charge in [-0.2, -0.15) is 0 Å². The van der Waals surface area contributed by atoms with Crippen molar-refractivity contribution in [2.75, 3.05) is 18.4 Å². The first kappa shape index (κ1) is 27.1. The van der Waals surface area contributed by atoms with Crippen LogP contribution in [0.3, 0.4) is 0 Å². The van der Waals surface area contributed by atoms with E-state index >= 15 is 4.39 Å². The fourth-order valence-corrected chi connectivity index (χ4v) is 6.16. The lowest BCUT2D eigenvalue weighted by atomic mass is 9.74. The smallest absolute Gasteiger partial charge is 0.229 e. The highest BCUT2D eigenvalue weighted by Crippen LogP contribution is 2.38. The number of nitrogens with zero attached hydrogens (tertiary/aromatic N) is 5. The van der Waals surface area contributed by atoms with Crippen LogP contribution in [0.4, 0.5) is 20.5 Å². The molecule has 4 heterocycles.